The van der Waals surface area contributed by atoms with Crippen molar-refractivity contribution in [3.63, 3.8) is 0 Å². The molecule has 12 heteroatoms. The van der Waals surface area contributed by atoms with E-state index >= 15 is 0 Å². The number of rotatable bonds is 8. The molecule has 11 nitrogen and oxygen atoms in total. The Kier molecular flexibility index (Phi) is 8.61. The molecule has 4 unspecified atom stereocenters. The van der Waals surface area contributed by atoms with E-state index in [4.69, 9.17) is 23.7 Å². The summed E-state index contributed by atoms with van der Waals surface area (Å²) in [7, 11) is -2.06. The Hall–Kier alpha value is -0.860. The topological polar surface area (TPSA) is 153 Å². The Morgan fingerprint density at radius 2 is 1.47 bits per heavy atom. The van der Waals surface area contributed by atoms with Crippen LogP contribution in [0.25, 0.3) is 0 Å². The average molecular weight is 454 g/mol. The molecule has 10 atom stereocenters. The molecule has 2 aliphatic rings. The summed E-state index contributed by atoms with van der Waals surface area (Å²) in [4.78, 5) is 11.7. The molecule has 0 radical (unpaired) electrons. The van der Waals surface area contributed by atoms with Gasteiger partial charge in [0.25, 0.3) is 0 Å². The summed E-state index contributed by atoms with van der Waals surface area (Å²) < 4.78 is 65.0. The van der Waals surface area contributed by atoms with Gasteiger partial charge in [-0.15, -0.1) is 0 Å². The van der Waals surface area contributed by atoms with Gasteiger partial charge >= 0.3 is 0 Å². The minimum Gasteiger partial charge on any atom is -0.726 e. The van der Waals surface area contributed by atoms with E-state index in [1.807, 2.05) is 27.7 Å². The van der Waals surface area contributed by atoms with Crippen molar-refractivity contribution in [2.75, 3.05) is 20.8 Å². The molecule has 2 aliphatic heterocycles. The smallest absolute Gasteiger partial charge is 0.217 e. The Morgan fingerprint density at radius 1 is 0.900 bits per heavy atom. The summed E-state index contributed by atoms with van der Waals surface area (Å²) >= 11 is 0. The summed E-state index contributed by atoms with van der Waals surface area (Å²) in [5.74, 6) is -2.33. The average Bonchev–Trinajstić information content (AvgIpc) is 2.66. The van der Waals surface area contributed by atoms with Crippen LogP contribution in [0.1, 0.15) is 27.7 Å². The van der Waals surface area contributed by atoms with Crippen molar-refractivity contribution in [1.29, 1.82) is 0 Å². The van der Waals surface area contributed by atoms with Crippen molar-refractivity contribution in [2.24, 2.45) is 23.7 Å². The van der Waals surface area contributed by atoms with Crippen LogP contribution in [0.4, 0.5) is 0 Å². The highest BCUT2D eigenvalue weighted by atomic mass is 32.3. The van der Waals surface area contributed by atoms with E-state index < -0.39 is 60.0 Å². The fraction of sp³-hybridized carbons (Fsp3) is 0.944. The van der Waals surface area contributed by atoms with Crippen molar-refractivity contribution in [3.8, 4) is 0 Å². The molecule has 0 N–H and O–H groups in total. The van der Waals surface area contributed by atoms with Gasteiger partial charge in [-0.3, -0.25) is 4.18 Å². The number of hydrogen-bond acceptors (Lipinski definition) is 11. The van der Waals surface area contributed by atoms with Gasteiger partial charge in [-0.05, 0) is 11.8 Å². The highest BCUT2D eigenvalue weighted by Crippen LogP contribution is 2.38. The highest BCUT2D eigenvalue weighted by Gasteiger charge is 2.48. The molecule has 0 saturated carbocycles. The first-order valence-electron chi connectivity index (χ1n) is 9.74. The summed E-state index contributed by atoms with van der Waals surface area (Å²) in [5, 5.41) is 11.7. The number of methoxy groups -OCH3 is 2. The van der Waals surface area contributed by atoms with Crippen molar-refractivity contribution in [2.45, 2.75) is 64.7 Å². The van der Waals surface area contributed by atoms with Gasteiger partial charge in [-0.25, -0.2) is 8.42 Å². The maximum absolute atomic E-state index is 11.7. The predicted octanol–water partition coefficient (Wildman–Crippen LogP) is -0.746. The van der Waals surface area contributed by atoms with Crippen molar-refractivity contribution < 1.29 is 50.7 Å². The molecular weight excluding hydrogens is 424 g/mol. The van der Waals surface area contributed by atoms with Gasteiger partial charge in [0.05, 0.1) is 24.8 Å². The van der Waals surface area contributed by atoms with Gasteiger partial charge in [0.2, 0.25) is 10.4 Å². The van der Waals surface area contributed by atoms with Crippen LogP contribution in [0.2, 0.25) is 0 Å². The van der Waals surface area contributed by atoms with Gasteiger partial charge in [0.15, 0.2) is 12.6 Å². The summed E-state index contributed by atoms with van der Waals surface area (Å²) in [6, 6.07) is 0. The van der Waals surface area contributed by atoms with Gasteiger partial charge < -0.3 is 38.1 Å². The van der Waals surface area contributed by atoms with Crippen LogP contribution in [0.15, 0.2) is 0 Å². The van der Waals surface area contributed by atoms with Crippen LogP contribution in [-0.4, -0.2) is 76.8 Å². The fourth-order valence-electron chi connectivity index (χ4n) is 4.04. The molecule has 176 valence electrons. The second-order valence-corrected chi connectivity index (χ2v) is 9.01. The number of carbonyl (C=O) groups excluding carboxylic acids is 1. The number of carboxylic acids is 1. The first kappa shape index (κ1) is 25.4. The summed E-state index contributed by atoms with van der Waals surface area (Å²) in [5.41, 5.74) is 0. The fourth-order valence-corrected chi connectivity index (χ4v) is 4.35. The van der Waals surface area contributed by atoms with Crippen LogP contribution >= 0.6 is 0 Å². The molecule has 0 aromatic carbocycles. The Bertz CT molecular complexity index is 684. The van der Waals surface area contributed by atoms with Gasteiger partial charge in [0, 0.05) is 26.1 Å². The van der Waals surface area contributed by atoms with Crippen molar-refractivity contribution >= 4 is 16.4 Å². The van der Waals surface area contributed by atoms with Crippen molar-refractivity contribution in [3.05, 3.63) is 0 Å². The quantitative estimate of drug-likeness (QED) is 0.336. The normalized spacial score (nSPS) is 42.8. The summed E-state index contributed by atoms with van der Waals surface area (Å²) in [6.07, 6.45) is -5.41. The SMILES string of the molecule is CO[C@@H]1O[C@@H](C(=O)[O-])[C@@H](O[C@H]2O[C@@H](COS(=O)(=O)[O-])[C@@H](OC)C(C)C2C)C(C)C1C. The van der Waals surface area contributed by atoms with E-state index in [2.05, 4.69) is 4.18 Å². The second kappa shape index (κ2) is 10.2. The molecule has 0 aromatic heterocycles. The van der Waals surface area contributed by atoms with E-state index in [9.17, 15) is 22.9 Å². The number of carbonyl (C=O) groups is 1. The lowest BCUT2D eigenvalue weighted by atomic mass is 9.82. The first-order valence-corrected chi connectivity index (χ1v) is 11.1. The molecule has 2 heterocycles. The number of hydrogen-bond donors (Lipinski definition) is 0. The third kappa shape index (κ3) is 5.68. The zero-order valence-electron chi connectivity index (χ0n) is 17.9. The van der Waals surface area contributed by atoms with E-state index in [0.29, 0.717) is 0 Å². The molecule has 2 rings (SSSR count). The van der Waals surface area contributed by atoms with Crippen LogP contribution in [0.3, 0.4) is 0 Å². The molecule has 30 heavy (non-hydrogen) atoms. The molecule has 0 aliphatic carbocycles. The molecule has 2 saturated heterocycles. The van der Waals surface area contributed by atoms with Crippen molar-refractivity contribution in [1.82, 2.24) is 0 Å². The zero-order valence-corrected chi connectivity index (χ0v) is 18.7. The van der Waals surface area contributed by atoms with Gasteiger partial charge in [-0.2, -0.15) is 0 Å². The third-order valence-corrected chi connectivity index (χ3v) is 6.64. The first-order chi connectivity index (χ1) is 13.9. The van der Waals surface area contributed by atoms with E-state index in [1.54, 1.807) is 0 Å². The minimum atomic E-state index is -4.92. The Balaban J connectivity index is 2.22. The molecule has 0 bridgehead atoms. The zero-order chi connectivity index (χ0) is 22.8. The lowest BCUT2D eigenvalue weighted by Crippen LogP contribution is -2.60. The van der Waals surface area contributed by atoms with Crippen LogP contribution in [0.5, 0.6) is 0 Å². The molecule has 2 fully saturated rings. The lowest BCUT2D eigenvalue weighted by Gasteiger charge is -2.49. The van der Waals surface area contributed by atoms with E-state index in [1.165, 1.54) is 14.2 Å². The third-order valence-electron chi connectivity index (χ3n) is 6.21. The standard InChI is InChI=1S/C18H32O11S/c1-8-11(4)18(27-12(13(8)24-5)7-26-30(21,22)23)28-14-9(2)10(3)17(25-6)29-15(14)16(19)20/h8-15,17-18H,7H2,1-6H3,(H,19,20)(H,21,22,23)/p-2/t8?,9?,10?,11?,12-,13-,14-,15+,17+,18+/m0/s1. The van der Waals surface area contributed by atoms with E-state index in [0.717, 1.165) is 0 Å². The number of carboxylic acid groups (broad SMARTS) is 1. The Labute approximate surface area is 176 Å². The second-order valence-electron chi connectivity index (χ2n) is 7.95. The monoisotopic (exact) mass is 454 g/mol. The maximum atomic E-state index is 11.7. The van der Waals surface area contributed by atoms with Gasteiger partial charge in [0.1, 0.15) is 12.2 Å². The number of ether oxygens (including phenoxy) is 5. The lowest BCUT2D eigenvalue weighted by molar-refractivity contribution is -0.358. The molecule has 0 spiro atoms. The van der Waals surface area contributed by atoms with Crippen LogP contribution in [0, 0.1) is 23.7 Å². The Morgan fingerprint density at radius 3 is 1.97 bits per heavy atom. The van der Waals surface area contributed by atoms with Crippen LogP contribution < -0.4 is 5.11 Å². The predicted molar refractivity (Wildman–Crippen MR) is 97.3 cm³/mol. The summed E-state index contributed by atoms with van der Waals surface area (Å²) in [6.45, 7) is 6.82. The maximum Gasteiger partial charge on any atom is 0.217 e. The highest BCUT2D eigenvalue weighted by molar-refractivity contribution is 7.80. The molecule has 0 amide bonds. The molecular formula is C18H30O11S-2. The van der Waals surface area contributed by atoms with E-state index in [-0.39, 0.29) is 23.7 Å². The minimum absolute atomic E-state index is 0.177. The molecule has 0 aromatic rings. The largest absolute Gasteiger partial charge is 0.726 e. The van der Waals surface area contributed by atoms with Gasteiger partial charge in [-0.1, -0.05) is 27.7 Å². The van der Waals surface area contributed by atoms with Crippen LogP contribution in [-0.2, 0) is 43.1 Å². The number of aliphatic carboxylic acids is 1.